The Balaban J connectivity index is 2.37. The average Bonchev–Trinajstić information content (AvgIpc) is 2.31. The van der Waals surface area contributed by atoms with Crippen LogP contribution in [-0.4, -0.2) is 17.5 Å². The maximum atomic E-state index is 5.55. The van der Waals surface area contributed by atoms with Gasteiger partial charge in [-0.2, -0.15) is 0 Å². The number of rotatable bonds is 4. The Labute approximate surface area is 118 Å². The molecule has 1 aliphatic heterocycles. The zero-order valence-electron chi connectivity index (χ0n) is 11.2. The van der Waals surface area contributed by atoms with Crippen LogP contribution in [0.1, 0.15) is 32.8 Å². The molecule has 0 saturated carbocycles. The first-order valence-corrected chi connectivity index (χ1v) is 7.51. The topological polar surface area (TPSA) is 21.3 Å². The number of ether oxygens (including phenoxy) is 1. The van der Waals surface area contributed by atoms with E-state index in [1.807, 2.05) is 13.0 Å². The monoisotopic (exact) mass is 309 g/mol. The van der Waals surface area contributed by atoms with E-state index >= 15 is 0 Å². The van der Waals surface area contributed by atoms with Crippen molar-refractivity contribution in [1.29, 1.82) is 0 Å². The van der Waals surface area contributed by atoms with Crippen molar-refractivity contribution in [2.24, 2.45) is 0 Å². The maximum Gasteiger partial charge on any atom is 0.120 e. The lowest BCUT2D eigenvalue weighted by molar-refractivity contribution is 0.340. The van der Waals surface area contributed by atoms with Gasteiger partial charge in [-0.25, -0.2) is 0 Å². The van der Waals surface area contributed by atoms with E-state index in [0.29, 0.717) is 6.61 Å². The number of hydrogen-bond acceptors (Lipinski definition) is 2. The van der Waals surface area contributed by atoms with E-state index in [2.05, 4.69) is 53.3 Å². The van der Waals surface area contributed by atoms with E-state index in [0.717, 1.165) is 17.5 Å². The third kappa shape index (κ3) is 2.72. The van der Waals surface area contributed by atoms with E-state index in [9.17, 15) is 0 Å². The summed E-state index contributed by atoms with van der Waals surface area (Å²) in [6.07, 6.45) is 3.34. The molecular weight excluding hydrogens is 290 g/mol. The predicted octanol–water partition coefficient (Wildman–Crippen LogP) is 4.46. The lowest BCUT2D eigenvalue weighted by Crippen LogP contribution is -2.35. The molecule has 0 fully saturated rings. The lowest BCUT2D eigenvalue weighted by Gasteiger charge is -2.35. The molecule has 18 heavy (non-hydrogen) atoms. The minimum Gasteiger partial charge on any atom is -0.494 e. The van der Waals surface area contributed by atoms with E-state index in [1.54, 1.807) is 0 Å². The summed E-state index contributed by atoms with van der Waals surface area (Å²) in [6.45, 7) is 7.16. The molecular formula is C15H20BrNO. The largest absolute Gasteiger partial charge is 0.494 e. The number of anilines is 1. The molecule has 1 aromatic rings. The number of halogens is 1. The minimum atomic E-state index is 0.0217. The summed E-state index contributed by atoms with van der Waals surface area (Å²) in [5.74, 6) is 0.937. The first-order valence-electron chi connectivity index (χ1n) is 6.39. The molecule has 0 unspecified atom stereocenters. The van der Waals surface area contributed by atoms with Gasteiger partial charge in [-0.3, -0.25) is 0 Å². The fourth-order valence-corrected chi connectivity index (χ4v) is 2.73. The molecule has 1 N–H and O–H groups in total. The fourth-order valence-electron chi connectivity index (χ4n) is 2.30. The highest BCUT2D eigenvalue weighted by atomic mass is 79.9. The maximum absolute atomic E-state index is 5.55. The molecule has 0 spiro atoms. The van der Waals surface area contributed by atoms with Crippen LogP contribution in [0.3, 0.4) is 0 Å². The zero-order valence-corrected chi connectivity index (χ0v) is 12.8. The minimum absolute atomic E-state index is 0.0217. The lowest BCUT2D eigenvalue weighted by atomic mass is 9.86. The van der Waals surface area contributed by atoms with Gasteiger partial charge in [0.1, 0.15) is 5.75 Å². The molecule has 98 valence electrons. The van der Waals surface area contributed by atoms with E-state index < -0.39 is 0 Å². The molecule has 2 rings (SSSR count). The SMILES string of the molecule is CCOc1ccc2c(c1)C=C(CCBr)C(C)(C)N2. The smallest absolute Gasteiger partial charge is 0.120 e. The van der Waals surface area contributed by atoms with Gasteiger partial charge in [0, 0.05) is 16.6 Å². The molecule has 0 saturated heterocycles. The standard InChI is InChI=1S/C15H20BrNO/c1-4-18-13-5-6-14-11(10-13)9-12(7-8-16)15(2,3)17-14/h5-6,9-10,17H,4,7-8H2,1-3H3. The van der Waals surface area contributed by atoms with Crippen molar-refractivity contribution in [3.8, 4) is 5.75 Å². The Morgan fingerprint density at radius 3 is 2.78 bits per heavy atom. The van der Waals surface area contributed by atoms with Crippen molar-refractivity contribution in [1.82, 2.24) is 0 Å². The summed E-state index contributed by atoms with van der Waals surface area (Å²) < 4.78 is 5.55. The van der Waals surface area contributed by atoms with Gasteiger partial charge in [0.15, 0.2) is 0 Å². The highest BCUT2D eigenvalue weighted by molar-refractivity contribution is 9.09. The van der Waals surface area contributed by atoms with Crippen LogP contribution in [0.4, 0.5) is 5.69 Å². The van der Waals surface area contributed by atoms with E-state index in [4.69, 9.17) is 4.74 Å². The van der Waals surface area contributed by atoms with Crippen LogP contribution >= 0.6 is 15.9 Å². The summed E-state index contributed by atoms with van der Waals surface area (Å²) in [5.41, 5.74) is 3.84. The molecule has 3 heteroatoms. The quantitative estimate of drug-likeness (QED) is 0.829. The Kier molecular flexibility index (Phi) is 4.00. The number of fused-ring (bicyclic) bond motifs is 1. The second-order valence-corrected chi connectivity index (χ2v) is 5.83. The highest BCUT2D eigenvalue weighted by Gasteiger charge is 2.27. The van der Waals surface area contributed by atoms with Gasteiger partial charge < -0.3 is 10.1 Å². The van der Waals surface area contributed by atoms with Crippen molar-refractivity contribution in [2.45, 2.75) is 32.7 Å². The summed E-state index contributed by atoms with van der Waals surface area (Å²) in [5, 5.41) is 4.59. The van der Waals surface area contributed by atoms with Crippen LogP contribution in [-0.2, 0) is 0 Å². The molecule has 0 atom stereocenters. The zero-order chi connectivity index (χ0) is 13.2. The molecule has 1 aromatic carbocycles. The van der Waals surface area contributed by atoms with Crippen molar-refractivity contribution in [3.05, 3.63) is 29.3 Å². The predicted molar refractivity (Wildman–Crippen MR) is 81.7 cm³/mol. The van der Waals surface area contributed by atoms with Crippen LogP contribution < -0.4 is 10.1 Å². The molecule has 0 aromatic heterocycles. The van der Waals surface area contributed by atoms with Crippen LogP contribution in [0.5, 0.6) is 5.75 Å². The van der Waals surface area contributed by atoms with Gasteiger partial charge in [0.2, 0.25) is 0 Å². The van der Waals surface area contributed by atoms with Gasteiger partial charge in [-0.1, -0.05) is 22.0 Å². The number of nitrogens with one attached hydrogen (secondary N) is 1. The second-order valence-electron chi connectivity index (χ2n) is 5.04. The van der Waals surface area contributed by atoms with Gasteiger partial charge in [-0.05, 0) is 51.0 Å². The van der Waals surface area contributed by atoms with Crippen molar-refractivity contribution >= 4 is 27.7 Å². The highest BCUT2D eigenvalue weighted by Crippen LogP contribution is 2.36. The third-order valence-corrected chi connectivity index (χ3v) is 3.67. The van der Waals surface area contributed by atoms with Crippen molar-refractivity contribution in [3.63, 3.8) is 0 Å². The Morgan fingerprint density at radius 2 is 2.11 bits per heavy atom. The average molecular weight is 310 g/mol. The van der Waals surface area contributed by atoms with Gasteiger partial charge in [-0.15, -0.1) is 0 Å². The molecule has 0 radical (unpaired) electrons. The molecule has 0 bridgehead atoms. The summed E-state index contributed by atoms with van der Waals surface area (Å²) >= 11 is 3.52. The van der Waals surface area contributed by atoms with Crippen molar-refractivity contribution < 1.29 is 4.74 Å². The Bertz CT molecular complexity index is 466. The van der Waals surface area contributed by atoms with E-state index in [1.165, 1.54) is 16.8 Å². The Hall–Kier alpha value is -0.960. The van der Waals surface area contributed by atoms with Gasteiger partial charge >= 0.3 is 0 Å². The number of hydrogen-bond donors (Lipinski definition) is 1. The molecule has 0 amide bonds. The van der Waals surface area contributed by atoms with Crippen LogP contribution in [0.2, 0.25) is 0 Å². The molecule has 2 nitrogen and oxygen atoms in total. The van der Waals surface area contributed by atoms with Crippen molar-refractivity contribution in [2.75, 3.05) is 17.3 Å². The van der Waals surface area contributed by atoms with Crippen LogP contribution in [0.25, 0.3) is 6.08 Å². The second kappa shape index (κ2) is 5.35. The first-order chi connectivity index (χ1) is 8.56. The number of benzene rings is 1. The van der Waals surface area contributed by atoms with E-state index in [-0.39, 0.29) is 5.54 Å². The summed E-state index contributed by atoms with van der Waals surface area (Å²) in [6, 6.07) is 6.23. The number of alkyl halides is 1. The van der Waals surface area contributed by atoms with Gasteiger partial charge in [0.05, 0.1) is 12.1 Å². The first kappa shape index (κ1) is 13.5. The van der Waals surface area contributed by atoms with Crippen LogP contribution in [0.15, 0.2) is 23.8 Å². The van der Waals surface area contributed by atoms with Crippen LogP contribution in [0, 0.1) is 0 Å². The fraction of sp³-hybridized carbons (Fsp3) is 0.467. The normalized spacial score (nSPS) is 16.6. The molecule has 0 aliphatic carbocycles. The third-order valence-electron chi connectivity index (χ3n) is 3.28. The summed E-state index contributed by atoms with van der Waals surface area (Å²) in [7, 11) is 0. The van der Waals surface area contributed by atoms with Gasteiger partial charge in [0.25, 0.3) is 0 Å². The Morgan fingerprint density at radius 1 is 1.33 bits per heavy atom. The molecule has 1 aliphatic rings. The molecule has 1 heterocycles. The summed E-state index contributed by atoms with van der Waals surface area (Å²) in [4.78, 5) is 0.